The molecule has 0 aliphatic heterocycles. The predicted octanol–water partition coefficient (Wildman–Crippen LogP) is 1.46. The Balaban J connectivity index is 1.94. The number of aromatic nitrogens is 2. The highest BCUT2D eigenvalue weighted by Gasteiger charge is 2.06. The average Bonchev–Trinajstić information content (AvgIpc) is 2.98. The number of benzene rings is 1. The summed E-state index contributed by atoms with van der Waals surface area (Å²) in [5.41, 5.74) is 8.61. The average molecular weight is 287 g/mol. The van der Waals surface area contributed by atoms with Crippen LogP contribution in [-0.2, 0) is 13.1 Å². The van der Waals surface area contributed by atoms with Gasteiger partial charge in [0.05, 0.1) is 6.54 Å². The summed E-state index contributed by atoms with van der Waals surface area (Å²) in [6, 6.07) is 8.01. The minimum atomic E-state index is 0.129. The molecule has 2 aromatic rings. The Morgan fingerprint density at radius 2 is 2.33 bits per heavy atom. The maximum absolute atomic E-state index is 8.69. The van der Waals surface area contributed by atoms with Gasteiger partial charge in [-0.05, 0) is 37.1 Å². The number of nitrogens with zero attached hydrogens (tertiary/aromatic N) is 3. The first-order valence-electron chi connectivity index (χ1n) is 6.88. The predicted molar refractivity (Wildman–Crippen MR) is 82.2 cm³/mol. The van der Waals surface area contributed by atoms with Crippen LogP contribution < -0.4 is 11.1 Å². The van der Waals surface area contributed by atoms with E-state index in [0.29, 0.717) is 6.04 Å². The molecule has 1 aromatic heterocycles. The van der Waals surface area contributed by atoms with Gasteiger partial charge in [0, 0.05) is 30.5 Å². The fourth-order valence-electron chi connectivity index (χ4n) is 2.15. The first-order chi connectivity index (χ1) is 10.1. The Labute approximate surface area is 124 Å². The Bertz CT molecular complexity index is 607. The Hall–Kier alpha value is -2.34. The monoisotopic (exact) mass is 287 g/mol. The zero-order valence-electron chi connectivity index (χ0n) is 12.3. The summed E-state index contributed by atoms with van der Waals surface area (Å²) in [4.78, 5) is 0. The van der Waals surface area contributed by atoms with Crippen LogP contribution in [0.1, 0.15) is 23.6 Å². The van der Waals surface area contributed by atoms with Crippen molar-refractivity contribution in [3.8, 4) is 0 Å². The van der Waals surface area contributed by atoms with Gasteiger partial charge >= 0.3 is 0 Å². The van der Waals surface area contributed by atoms with E-state index in [2.05, 4.69) is 22.5 Å². The van der Waals surface area contributed by atoms with Gasteiger partial charge in [-0.25, -0.2) is 0 Å². The smallest absolute Gasteiger partial charge is 0.170 e. The van der Waals surface area contributed by atoms with Gasteiger partial charge in [-0.1, -0.05) is 17.3 Å². The Morgan fingerprint density at radius 3 is 2.95 bits per heavy atom. The Kier molecular flexibility index (Phi) is 4.94. The van der Waals surface area contributed by atoms with E-state index in [1.54, 1.807) is 6.20 Å². The molecule has 0 saturated carbocycles. The van der Waals surface area contributed by atoms with Crippen molar-refractivity contribution in [2.75, 3.05) is 0 Å². The van der Waals surface area contributed by atoms with Crippen molar-refractivity contribution < 1.29 is 5.21 Å². The molecule has 1 unspecified atom stereocenters. The topological polar surface area (TPSA) is 88.5 Å². The molecule has 0 saturated heterocycles. The molecule has 0 aliphatic carbocycles. The fourth-order valence-corrected chi connectivity index (χ4v) is 2.15. The standard InChI is InChI=1S/C15H21N5O/c1-11-8-13(15(16)19-21)4-5-14(11)9-17-12(2)10-20-7-3-6-18-20/h3-8,12,17,21H,9-10H2,1-2H3,(H2,16,19). The molecule has 2 rings (SSSR count). The summed E-state index contributed by atoms with van der Waals surface area (Å²) in [6.45, 7) is 5.74. The lowest BCUT2D eigenvalue weighted by molar-refractivity contribution is 0.318. The van der Waals surface area contributed by atoms with E-state index >= 15 is 0 Å². The summed E-state index contributed by atoms with van der Waals surface area (Å²) in [6.07, 6.45) is 3.73. The van der Waals surface area contributed by atoms with Gasteiger partial charge in [-0.3, -0.25) is 4.68 Å². The van der Waals surface area contributed by atoms with Crippen LogP contribution >= 0.6 is 0 Å². The number of hydrogen-bond donors (Lipinski definition) is 3. The lowest BCUT2D eigenvalue weighted by atomic mass is 10.0. The van der Waals surface area contributed by atoms with Crippen molar-refractivity contribution in [3.05, 3.63) is 53.3 Å². The normalized spacial score (nSPS) is 13.3. The van der Waals surface area contributed by atoms with E-state index in [9.17, 15) is 0 Å². The van der Waals surface area contributed by atoms with E-state index < -0.39 is 0 Å². The molecule has 112 valence electrons. The highest BCUT2D eigenvalue weighted by molar-refractivity contribution is 5.97. The largest absolute Gasteiger partial charge is 0.409 e. The molecule has 1 atom stereocenters. The SMILES string of the molecule is Cc1cc(/C(N)=N/O)ccc1CNC(C)Cn1cccn1. The number of aryl methyl sites for hydroxylation is 1. The molecular formula is C15H21N5O. The maximum atomic E-state index is 8.69. The maximum Gasteiger partial charge on any atom is 0.170 e. The highest BCUT2D eigenvalue weighted by atomic mass is 16.4. The number of rotatable bonds is 6. The van der Waals surface area contributed by atoms with Crippen molar-refractivity contribution in [3.63, 3.8) is 0 Å². The molecule has 0 fully saturated rings. The van der Waals surface area contributed by atoms with Gasteiger partial charge < -0.3 is 16.3 Å². The van der Waals surface area contributed by atoms with Crippen LogP contribution in [0.3, 0.4) is 0 Å². The van der Waals surface area contributed by atoms with Crippen molar-refractivity contribution in [1.82, 2.24) is 15.1 Å². The minimum absolute atomic E-state index is 0.129. The molecule has 1 heterocycles. The molecule has 1 aromatic carbocycles. The van der Waals surface area contributed by atoms with Crippen LogP contribution in [0, 0.1) is 6.92 Å². The molecule has 0 bridgehead atoms. The second-order valence-electron chi connectivity index (χ2n) is 5.14. The quantitative estimate of drug-likeness (QED) is 0.325. The third-order valence-electron chi connectivity index (χ3n) is 3.41. The molecule has 0 amide bonds. The van der Waals surface area contributed by atoms with Gasteiger partial charge in [-0.15, -0.1) is 0 Å². The van der Waals surface area contributed by atoms with Crippen molar-refractivity contribution in [2.45, 2.75) is 33.0 Å². The molecular weight excluding hydrogens is 266 g/mol. The third kappa shape index (κ3) is 4.06. The zero-order valence-corrected chi connectivity index (χ0v) is 12.3. The molecule has 6 nitrogen and oxygen atoms in total. The Morgan fingerprint density at radius 1 is 1.52 bits per heavy atom. The number of nitrogens with one attached hydrogen (secondary N) is 1. The summed E-state index contributed by atoms with van der Waals surface area (Å²) in [5.74, 6) is 0.129. The van der Waals surface area contributed by atoms with E-state index in [0.717, 1.165) is 24.2 Å². The van der Waals surface area contributed by atoms with Gasteiger partial charge in [0.15, 0.2) is 5.84 Å². The van der Waals surface area contributed by atoms with Crippen LogP contribution in [0.2, 0.25) is 0 Å². The molecule has 0 spiro atoms. The van der Waals surface area contributed by atoms with Crippen molar-refractivity contribution >= 4 is 5.84 Å². The highest BCUT2D eigenvalue weighted by Crippen LogP contribution is 2.11. The lowest BCUT2D eigenvalue weighted by Gasteiger charge is -2.15. The second-order valence-corrected chi connectivity index (χ2v) is 5.14. The van der Waals surface area contributed by atoms with Gasteiger partial charge in [-0.2, -0.15) is 5.10 Å². The van der Waals surface area contributed by atoms with Gasteiger partial charge in [0.2, 0.25) is 0 Å². The van der Waals surface area contributed by atoms with Crippen molar-refractivity contribution in [2.24, 2.45) is 10.9 Å². The number of oxime groups is 1. The van der Waals surface area contributed by atoms with Crippen LogP contribution in [0.4, 0.5) is 0 Å². The number of nitrogens with two attached hydrogens (primary N) is 1. The van der Waals surface area contributed by atoms with Gasteiger partial charge in [0.25, 0.3) is 0 Å². The van der Waals surface area contributed by atoms with Crippen LogP contribution in [0.15, 0.2) is 41.8 Å². The lowest BCUT2D eigenvalue weighted by Crippen LogP contribution is -2.30. The summed E-state index contributed by atoms with van der Waals surface area (Å²) in [5, 5.41) is 19.4. The molecule has 0 aliphatic rings. The first-order valence-corrected chi connectivity index (χ1v) is 6.88. The summed E-state index contributed by atoms with van der Waals surface area (Å²) in [7, 11) is 0. The molecule has 4 N–H and O–H groups in total. The summed E-state index contributed by atoms with van der Waals surface area (Å²) < 4.78 is 1.91. The fraction of sp³-hybridized carbons (Fsp3) is 0.333. The van der Waals surface area contributed by atoms with E-state index in [-0.39, 0.29) is 5.84 Å². The molecule has 21 heavy (non-hydrogen) atoms. The van der Waals surface area contributed by atoms with Crippen molar-refractivity contribution in [1.29, 1.82) is 0 Å². The van der Waals surface area contributed by atoms with E-state index in [1.807, 2.05) is 42.1 Å². The first kappa shape index (κ1) is 15.1. The van der Waals surface area contributed by atoms with E-state index in [1.165, 1.54) is 5.56 Å². The van der Waals surface area contributed by atoms with Crippen LogP contribution in [0.5, 0.6) is 0 Å². The summed E-state index contributed by atoms with van der Waals surface area (Å²) >= 11 is 0. The minimum Gasteiger partial charge on any atom is -0.409 e. The molecule has 0 radical (unpaired) electrons. The number of hydrogen-bond acceptors (Lipinski definition) is 4. The zero-order chi connectivity index (χ0) is 15.2. The van der Waals surface area contributed by atoms with Gasteiger partial charge in [0.1, 0.15) is 0 Å². The number of amidine groups is 1. The third-order valence-corrected chi connectivity index (χ3v) is 3.41. The van der Waals surface area contributed by atoms with Crippen LogP contribution in [-0.4, -0.2) is 26.9 Å². The van der Waals surface area contributed by atoms with E-state index in [4.69, 9.17) is 10.9 Å². The molecule has 6 heteroatoms. The second kappa shape index (κ2) is 6.90. The van der Waals surface area contributed by atoms with Crippen LogP contribution in [0.25, 0.3) is 0 Å².